The maximum atomic E-state index is 12.6. The number of benzene rings is 2. The molecule has 0 spiro atoms. The van der Waals surface area contributed by atoms with E-state index in [9.17, 15) is 9.59 Å². The van der Waals surface area contributed by atoms with Crippen LogP contribution in [-0.2, 0) is 10.2 Å². The number of amides is 2. The molecule has 1 heterocycles. The van der Waals surface area contributed by atoms with E-state index in [-0.39, 0.29) is 11.7 Å². The van der Waals surface area contributed by atoms with E-state index in [0.29, 0.717) is 5.58 Å². The molecule has 0 aliphatic heterocycles. The summed E-state index contributed by atoms with van der Waals surface area (Å²) in [7, 11) is 0. The Labute approximate surface area is 152 Å². The maximum absolute atomic E-state index is 12.6. The Kier molecular flexibility index (Phi) is 4.55. The molecule has 1 aromatic heterocycles. The molecule has 0 bridgehead atoms. The number of fused-ring (bicyclic) bond motifs is 1. The third kappa shape index (κ3) is 3.20. The Morgan fingerprint density at radius 3 is 2.23 bits per heavy atom. The van der Waals surface area contributed by atoms with E-state index in [4.69, 9.17) is 4.42 Å². The van der Waals surface area contributed by atoms with Crippen molar-refractivity contribution in [2.75, 3.05) is 0 Å². The van der Waals surface area contributed by atoms with Gasteiger partial charge in [-0.05, 0) is 39.3 Å². The molecule has 134 valence electrons. The molecule has 0 aliphatic rings. The van der Waals surface area contributed by atoms with Gasteiger partial charge in [0, 0.05) is 10.9 Å². The monoisotopic (exact) mass is 350 g/mol. The molecule has 2 N–H and O–H groups in total. The van der Waals surface area contributed by atoms with E-state index >= 15 is 0 Å². The van der Waals surface area contributed by atoms with Gasteiger partial charge in [0.25, 0.3) is 0 Å². The number of nitrogens with one attached hydrogen (secondary N) is 2. The van der Waals surface area contributed by atoms with Crippen LogP contribution >= 0.6 is 0 Å². The third-order valence-electron chi connectivity index (χ3n) is 4.68. The second kappa shape index (κ2) is 6.67. The minimum Gasteiger partial charge on any atom is -0.451 e. The van der Waals surface area contributed by atoms with Gasteiger partial charge in [-0.25, -0.2) is 0 Å². The number of hydrogen-bond donors (Lipinski definition) is 2. The summed E-state index contributed by atoms with van der Waals surface area (Å²) in [5.41, 5.74) is 7.55. The molecule has 0 radical (unpaired) electrons. The Morgan fingerprint density at radius 1 is 0.923 bits per heavy atom. The second-order valence-corrected chi connectivity index (χ2v) is 6.95. The fourth-order valence-electron chi connectivity index (χ4n) is 2.82. The standard InChI is InChI=1S/C21H22N2O3/c1-13-9-11-15(12-10-13)21(3,4)20(25)23-22-19(24)18-14(2)16-7-5-6-8-17(16)26-18/h5-12H,1-4H3,(H,22,24)(H,23,25). The molecule has 0 saturated heterocycles. The van der Waals surface area contributed by atoms with Gasteiger partial charge in [-0.2, -0.15) is 0 Å². The van der Waals surface area contributed by atoms with E-state index in [0.717, 1.165) is 22.1 Å². The molecule has 3 rings (SSSR count). The first-order valence-electron chi connectivity index (χ1n) is 8.47. The van der Waals surface area contributed by atoms with E-state index in [1.165, 1.54) is 0 Å². The van der Waals surface area contributed by atoms with Crippen LogP contribution in [0.25, 0.3) is 11.0 Å². The molecule has 5 heteroatoms. The SMILES string of the molecule is Cc1ccc(C(C)(C)C(=O)NNC(=O)c2oc3ccccc3c2C)cc1. The molecule has 0 fully saturated rings. The van der Waals surface area contributed by atoms with Gasteiger partial charge in [-0.3, -0.25) is 20.4 Å². The lowest BCUT2D eigenvalue weighted by Gasteiger charge is -2.24. The quantitative estimate of drug-likeness (QED) is 0.706. The molecule has 3 aromatic rings. The predicted octanol–water partition coefficient (Wildman–Crippen LogP) is 3.79. The van der Waals surface area contributed by atoms with E-state index in [1.54, 1.807) is 6.07 Å². The summed E-state index contributed by atoms with van der Waals surface area (Å²) in [6.07, 6.45) is 0. The van der Waals surface area contributed by atoms with Crippen molar-refractivity contribution in [3.8, 4) is 0 Å². The summed E-state index contributed by atoms with van der Waals surface area (Å²) in [5, 5.41) is 0.879. The number of para-hydroxylation sites is 1. The minimum atomic E-state index is -0.788. The number of carbonyl (C=O) groups excluding carboxylic acids is 2. The average molecular weight is 350 g/mol. The van der Waals surface area contributed by atoms with Crippen LogP contribution in [-0.4, -0.2) is 11.8 Å². The van der Waals surface area contributed by atoms with Crippen molar-refractivity contribution in [1.29, 1.82) is 0 Å². The van der Waals surface area contributed by atoms with Gasteiger partial charge in [0.05, 0.1) is 5.41 Å². The number of hydrogen-bond acceptors (Lipinski definition) is 3. The molecule has 26 heavy (non-hydrogen) atoms. The number of rotatable bonds is 3. The van der Waals surface area contributed by atoms with E-state index in [2.05, 4.69) is 10.9 Å². The highest BCUT2D eigenvalue weighted by Crippen LogP contribution is 2.25. The van der Waals surface area contributed by atoms with Gasteiger partial charge >= 0.3 is 5.91 Å². The van der Waals surface area contributed by atoms with Crippen molar-refractivity contribution < 1.29 is 14.0 Å². The van der Waals surface area contributed by atoms with Crippen molar-refractivity contribution in [3.05, 3.63) is 71.0 Å². The molecule has 2 amide bonds. The average Bonchev–Trinajstić information content (AvgIpc) is 2.97. The number of furan rings is 1. The lowest BCUT2D eigenvalue weighted by Crippen LogP contribution is -2.49. The van der Waals surface area contributed by atoms with Crippen LogP contribution < -0.4 is 10.9 Å². The normalized spacial score (nSPS) is 11.4. The highest BCUT2D eigenvalue weighted by molar-refractivity contribution is 6.00. The Balaban J connectivity index is 1.73. The van der Waals surface area contributed by atoms with Crippen LogP contribution in [0.3, 0.4) is 0 Å². The molecule has 0 unspecified atom stereocenters. The highest BCUT2D eigenvalue weighted by Gasteiger charge is 2.30. The van der Waals surface area contributed by atoms with Crippen LogP contribution in [0.1, 0.15) is 41.1 Å². The largest absolute Gasteiger partial charge is 0.451 e. The summed E-state index contributed by atoms with van der Waals surface area (Å²) in [6, 6.07) is 15.2. The molecule has 5 nitrogen and oxygen atoms in total. The van der Waals surface area contributed by atoms with Crippen LogP contribution in [0.5, 0.6) is 0 Å². The zero-order valence-electron chi connectivity index (χ0n) is 15.3. The molecule has 0 aliphatic carbocycles. The molecule has 2 aromatic carbocycles. The fraction of sp³-hybridized carbons (Fsp3) is 0.238. The van der Waals surface area contributed by atoms with E-state index < -0.39 is 11.3 Å². The lowest BCUT2D eigenvalue weighted by molar-refractivity contribution is -0.126. The minimum absolute atomic E-state index is 0.194. The lowest BCUT2D eigenvalue weighted by atomic mass is 9.83. The van der Waals surface area contributed by atoms with Crippen molar-refractivity contribution in [2.24, 2.45) is 0 Å². The van der Waals surface area contributed by atoms with Gasteiger partial charge in [-0.1, -0.05) is 48.0 Å². The van der Waals surface area contributed by atoms with Gasteiger partial charge in [0.2, 0.25) is 5.91 Å². The Bertz CT molecular complexity index is 969. The van der Waals surface area contributed by atoms with Crippen LogP contribution in [0.2, 0.25) is 0 Å². The summed E-state index contributed by atoms with van der Waals surface area (Å²) in [4.78, 5) is 25.0. The van der Waals surface area contributed by atoms with Crippen molar-refractivity contribution >= 4 is 22.8 Å². The van der Waals surface area contributed by atoms with E-state index in [1.807, 2.05) is 70.2 Å². The second-order valence-electron chi connectivity index (χ2n) is 6.95. The summed E-state index contributed by atoms with van der Waals surface area (Å²) < 4.78 is 5.61. The van der Waals surface area contributed by atoms with Gasteiger partial charge in [0.1, 0.15) is 5.58 Å². The highest BCUT2D eigenvalue weighted by atomic mass is 16.3. The molecule has 0 atom stereocenters. The zero-order valence-corrected chi connectivity index (χ0v) is 15.3. The first-order valence-corrected chi connectivity index (χ1v) is 8.47. The predicted molar refractivity (Wildman–Crippen MR) is 101 cm³/mol. The van der Waals surface area contributed by atoms with Crippen molar-refractivity contribution in [1.82, 2.24) is 10.9 Å². The number of aryl methyl sites for hydroxylation is 2. The smallest absolute Gasteiger partial charge is 0.305 e. The van der Waals surface area contributed by atoms with Gasteiger partial charge in [0.15, 0.2) is 5.76 Å². The fourth-order valence-corrected chi connectivity index (χ4v) is 2.82. The number of hydrazine groups is 1. The first kappa shape index (κ1) is 17.7. The Hall–Kier alpha value is -3.08. The maximum Gasteiger partial charge on any atom is 0.305 e. The third-order valence-corrected chi connectivity index (χ3v) is 4.68. The van der Waals surface area contributed by atoms with Crippen LogP contribution in [0.4, 0.5) is 0 Å². The summed E-state index contributed by atoms with van der Waals surface area (Å²) in [6.45, 7) is 7.43. The van der Waals surface area contributed by atoms with Crippen molar-refractivity contribution in [3.63, 3.8) is 0 Å². The summed E-state index contributed by atoms with van der Waals surface area (Å²) in [5.74, 6) is -0.588. The number of carbonyl (C=O) groups is 2. The van der Waals surface area contributed by atoms with Crippen molar-refractivity contribution in [2.45, 2.75) is 33.1 Å². The topological polar surface area (TPSA) is 71.3 Å². The van der Waals surface area contributed by atoms with Crippen LogP contribution in [0, 0.1) is 13.8 Å². The van der Waals surface area contributed by atoms with Gasteiger partial charge in [-0.15, -0.1) is 0 Å². The Morgan fingerprint density at radius 2 is 1.58 bits per heavy atom. The van der Waals surface area contributed by atoms with Gasteiger partial charge < -0.3 is 4.42 Å². The molecular weight excluding hydrogens is 328 g/mol. The molecule has 0 saturated carbocycles. The first-order chi connectivity index (χ1) is 12.3. The zero-order chi connectivity index (χ0) is 18.9. The summed E-state index contributed by atoms with van der Waals surface area (Å²) >= 11 is 0. The molecular formula is C21H22N2O3. The van der Waals surface area contributed by atoms with Crippen LogP contribution in [0.15, 0.2) is 52.9 Å².